The number of primary amides is 1. The first kappa shape index (κ1) is 25.7. The Balaban J connectivity index is 0.00000363. The van der Waals surface area contributed by atoms with Crippen molar-refractivity contribution >= 4 is 35.8 Å². The number of hydrogen-bond acceptors (Lipinski definition) is 5. The molecule has 2 aromatic carbocycles. The maximum atomic E-state index is 11.4. The molecule has 1 saturated heterocycles. The molecular formula is C23H32IN5O3. The predicted octanol–water partition coefficient (Wildman–Crippen LogP) is 2.36. The van der Waals surface area contributed by atoms with Crippen LogP contribution in [0.3, 0.4) is 0 Å². The first-order chi connectivity index (χ1) is 15.0. The number of amides is 1. The van der Waals surface area contributed by atoms with Crippen LogP contribution in [0.2, 0.25) is 0 Å². The number of likely N-dealkylation sites (tertiary alicyclic amines) is 1. The molecule has 0 radical (unpaired) electrons. The molecule has 1 aliphatic rings. The second kappa shape index (κ2) is 12.5. The molecule has 3 rings (SSSR count). The van der Waals surface area contributed by atoms with Gasteiger partial charge in [0.2, 0.25) is 5.91 Å². The van der Waals surface area contributed by atoms with Crippen LogP contribution in [0, 0.1) is 0 Å². The fourth-order valence-electron chi connectivity index (χ4n) is 3.72. The van der Waals surface area contributed by atoms with Crippen molar-refractivity contribution in [3.05, 3.63) is 59.2 Å². The number of methoxy groups -OCH3 is 2. The third-order valence-corrected chi connectivity index (χ3v) is 5.33. The molecule has 0 aromatic heterocycles. The zero-order valence-electron chi connectivity index (χ0n) is 18.8. The van der Waals surface area contributed by atoms with Crippen LogP contribution in [0.1, 0.15) is 27.9 Å². The van der Waals surface area contributed by atoms with Gasteiger partial charge in [-0.05, 0) is 41.8 Å². The van der Waals surface area contributed by atoms with Crippen molar-refractivity contribution in [1.82, 2.24) is 15.5 Å². The number of benzene rings is 2. The molecule has 174 valence electrons. The van der Waals surface area contributed by atoms with Crippen molar-refractivity contribution in [2.75, 3.05) is 34.4 Å². The highest BCUT2D eigenvalue weighted by Gasteiger charge is 2.23. The lowest BCUT2D eigenvalue weighted by molar-refractivity contribution is 0.1000. The molecule has 1 heterocycles. The van der Waals surface area contributed by atoms with Crippen LogP contribution in [0.4, 0.5) is 0 Å². The molecule has 4 N–H and O–H groups in total. The van der Waals surface area contributed by atoms with E-state index in [0.717, 1.165) is 54.6 Å². The minimum absolute atomic E-state index is 0. The fraction of sp³-hybridized carbons (Fsp3) is 0.391. The maximum absolute atomic E-state index is 11.4. The number of hydrogen-bond donors (Lipinski definition) is 3. The quantitative estimate of drug-likeness (QED) is 0.264. The molecule has 0 saturated carbocycles. The number of guanidine groups is 1. The molecule has 1 fully saturated rings. The third kappa shape index (κ3) is 7.27. The summed E-state index contributed by atoms with van der Waals surface area (Å²) in [4.78, 5) is 18.1. The molecule has 1 amide bonds. The highest BCUT2D eigenvalue weighted by atomic mass is 127. The summed E-state index contributed by atoms with van der Waals surface area (Å²) in [5.74, 6) is 1.91. The van der Waals surface area contributed by atoms with Gasteiger partial charge < -0.3 is 25.8 Å². The average molecular weight is 553 g/mol. The number of nitrogens with two attached hydrogens (primary N) is 1. The van der Waals surface area contributed by atoms with Crippen LogP contribution in [0.15, 0.2) is 47.5 Å². The highest BCUT2D eigenvalue weighted by Crippen LogP contribution is 2.24. The monoisotopic (exact) mass is 553 g/mol. The molecule has 0 spiro atoms. The fourth-order valence-corrected chi connectivity index (χ4v) is 3.72. The number of nitrogens with zero attached hydrogens (tertiary/aromatic N) is 2. The van der Waals surface area contributed by atoms with Crippen molar-refractivity contribution in [1.29, 1.82) is 0 Å². The molecule has 8 nitrogen and oxygen atoms in total. The molecule has 32 heavy (non-hydrogen) atoms. The number of carbonyl (C=O) groups excluding carboxylic acids is 1. The molecule has 9 heteroatoms. The second-order valence-corrected chi connectivity index (χ2v) is 7.58. The van der Waals surface area contributed by atoms with Crippen LogP contribution in [-0.4, -0.2) is 57.2 Å². The largest absolute Gasteiger partial charge is 0.497 e. The Labute approximate surface area is 206 Å². The van der Waals surface area contributed by atoms with Gasteiger partial charge in [-0.1, -0.05) is 12.1 Å². The Hall–Kier alpha value is -2.53. The molecule has 1 unspecified atom stereocenters. The summed E-state index contributed by atoms with van der Waals surface area (Å²) in [6.45, 7) is 3.30. The summed E-state index contributed by atoms with van der Waals surface area (Å²) in [5.41, 5.74) is 8.00. The lowest BCUT2D eigenvalue weighted by Crippen LogP contribution is -2.44. The first-order valence-electron chi connectivity index (χ1n) is 10.3. The van der Waals surface area contributed by atoms with Crippen molar-refractivity contribution in [3.8, 4) is 11.5 Å². The minimum Gasteiger partial charge on any atom is -0.497 e. The Morgan fingerprint density at radius 3 is 2.50 bits per heavy atom. The molecule has 0 bridgehead atoms. The van der Waals surface area contributed by atoms with Gasteiger partial charge in [0, 0.05) is 50.9 Å². The van der Waals surface area contributed by atoms with Crippen molar-refractivity contribution in [2.24, 2.45) is 10.7 Å². The SMILES string of the molecule is CN=C(NCc1cccc(C(N)=O)c1)NC1CCN(Cc2cc(OC)cc(OC)c2)C1.I. The van der Waals surface area contributed by atoms with E-state index in [-0.39, 0.29) is 24.0 Å². The van der Waals surface area contributed by atoms with Gasteiger partial charge >= 0.3 is 0 Å². The standard InChI is InChI=1S/C23H31N5O3.HI/c1-25-23(26-13-16-5-4-6-18(9-16)22(24)29)27-19-7-8-28(15-19)14-17-10-20(30-2)12-21(11-17)31-3;/h4-6,9-12,19H,7-8,13-15H2,1-3H3,(H2,24,29)(H2,25,26,27);1H. The second-order valence-electron chi connectivity index (χ2n) is 7.58. The summed E-state index contributed by atoms with van der Waals surface area (Å²) >= 11 is 0. The minimum atomic E-state index is -0.427. The Bertz CT molecular complexity index is 915. The predicted molar refractivity (Wildman–Crippen MR) is 137 cm³/mol. The van der Waals surface area contributed by atoms with Gasteiger partial charge in [-0.15, -0.1) is 24.0 Å². The van der Waals surface area contributed by atoms with E-state index in [1.165, 1.54) is 0 Å². The number of rotatable bonds is 8. The Kier molecular flexibility index (Phi) is 10.0. The normalized spacial score (nSPS) is 16.2. The lowest BCUT2D eigenvalue weighted by atomic mass is 10.1. The third-order valence-electron chi connectivity index (χ3n) is 5.33. The van der Waals surface area contributed by atoms with Crippen LogP contribution in [0.25, 0.3) is 0 Å². The van der Waals surface area contributed by atoms with E-state index in [4.69, 9.17) is 15.2 Å². The van der Waals surface area contributed by atoms with Gasteiger partial charge in [0.1, 0.15) is 11.5 Å². The molecule has 1 aliphatic heterocycles. The van der Waals surface area contributed by atoms with E-state index in [0.29, 0.717) is 18.2 Å². The van der Waals surface area contributed by atoms with E-state index < -0.39 is 5.91 Å². The number of halogens is 1. The molecule has 2 aromatic rings. The highest BCUT2D eigenvalue weighted by molar-refractivity contribution is 14.0. The van der Waals surface area contributed by atoms with E-state index in [2.05, 4.69) is 20.5 Å². The first-order valence-corrected chi connectivity index (χ1v) is 10.3. The van der Waals surface area contributed by atoms with Crippen LogP contribution in [0.5, 0.6) is 11.5 Å². The summed E-state index contributed by atoms with van der Waals surface area (Å²) in [7, 11) is 5.08. The Morgan fingerprint density at radius 2 is 1.88 bits per heavy atom. The zero-order valence-corrected chi connectivity index (χ0v) is 21.1. The number of nitrogens with one attached hydrogen (secondary N) is 2. The van der Waals surface area contributed by atoms with Gasteiger partial charge in [0.15, 0.2) is 5.96 Å². The molecule has 1 atom stereocenters. The van der Waals surface area contributed by atoms with Crippen molar-refractivity contribution < 1.29 is 14.3 Å². The van der Waals surface area contributed by atoms with Gasteiger partial charge in [-0.25, -0.2) is 0 Å². The lowest BCUT2D eigenvalue weighted by Gasteiger charge is -2.19. The summed E-state index contributed by atoms with van der Waals surface area (Å²) in [5, 5.41) is 6.80. The van der Waals surface area contributed by atoms with E-state index in [1.807, 2.05) is 30.3 Å². The maximum Gasteiger partial charge on any atom is 0.248 e. The van der Waals surface area contributed by atoms with Gasteiger partial charge in [0.25, 0.3) is 0 Å². The summed E-state index contributed by atoms with van der Waals surface area (Å²) < 4.78 is 10.7. The van der Waals surface area contributed by atoms with Gasteiger partial charge in [-0.2, -0.15) is 0 Å². The van der Waals surface area contributed by atoms with Crippen molar-refractivity contribution in [2.45, 2.75) is 25.6 Å². The van der Waals surface area contributed by atoms with Crippen LogP contribution < -0.4 is 25.8 Å². The van der Waals surface area contributed by atoms with E-state index in [1.54, 1.807) is 33.4 Å². The van der Waals surface area contributed by atoms with E-state index in [9.17, 15) is 4.79 Å². The van der Waals surface area contributed by atoms with Gasteiger partial charge in [0.05, 0.1) is 14.2 Å². The molecular weight excluding hydrogens is 521 g/mol. The van der Waals surface area contributed by atoms with Crippen LogP contribution >= 0.6 is 24.0 Å². The number of aliphatic imine (C=N–C) groups is 1. The smallest absolute Gasteiger partial charge is 0.248 e. The van der Waals surface area contributed by atoms with E-state index >= 15 is 0 Å². The summed E-state index contributed by atoms with van der Waals surface area (Å²) in [6.07, 6.45) is 1.03. The van der Waals surface area contributed by atoms with Gasteiger partial charge in [-0.3, -0.25) is 14.7 Å². The average Bonchev–Trinajstić information content (AvgIpc) is 3.22. The topological polar surface area (TPSA) is 101 Å². The van der Waals surface area contributed by atoms with Crippen molar-refractivity contribution in [3.63, 3.8) is 0 Å². The number of ether oxygens (including phenoxy) is 2. The van der Waals surface area contributed by atoms with Crippen LogP contribution in [-0.2, 0) is 13.1 Å². The summed E-state index contributed by atoms with van der Waals surface area (Å²) in [6, 6.07) is 13.6. The number of carbonyl (C=O) groups is 1. The zero-order chi connectivity index (χ0) is 22.2. The Morgan fingerprint density at radius 1 is 1.16 bits per heavy atom. The molecule has 0 aliphatic carbocycles.